The second kappa shape index (κ2) is 6.24. The lowest BCUT2D eigenvalue weighted by atomic mass is 10.1. The van der Waals surface area contributed by atoms with Gasteiger partial charge >= 0.3 is 12.4 Å². The molecule has 0 aliphatic carbocycles. The first-order chi connectivity index (χ1) is 9.89. The Morgan fingerprint density at radius 3 is 1.73 bits per heavy atom. The fraction of sp³-hybridized carbons (Fsp3) is 0.333. The normalized spacial score (nSPS) is 12.1. The maximum atomic E-state index is 12.6. The number of aliphatic carboxylic acids is 1. The van der Waals surface area contributed by atoms with Gasteiger partial charge in [0.2, 0.25) is 5.91 Å². The summed E-state index contributed by atoms with van der Waals surface area (Å²) in [5.74, 6) is -2.62. The quantitative estimate of drug-likeness (QED) is 0.862. The summed E-state index contributed by atoms with van der Waals surface area (Å²) in [5.41, 5.74) is -3.90. The Bertz CT molecular complexity index is 547. The van der Waals surface area contributed by atoms with E-state index in [0.29, 0.717) is 12.1 Å². The largest absolute Gasteiger partial charge is 0.550 e. The highest BCUT2D eigenvalue weighted by atomic mass is 19.4. The monoisotopic (exact) mass is 328 g/mol. The predicted octanol–water partition coefficient (Wildman–Crippen LogP) is 2.19. The van der Waals surface area contributed by atoms with Gasteiger partial charge in [-0.25, -0.2) is 0 Å². The number of carboxylic acids is 1. The van der Waals surface area contributed by atoms with E-state index in [9.17, 15) is 41.0 Å². The fourth-order valence-electron chi connectivity index (χ4n) is 1.47. The van der Waals surface area contributed by atoms with E-state index in [1.807, 2.05) is 0 Å². The highest BCUT2D eigenvalue weighted by molar-refractivity contribution is 5.92. The molecule has 1 aromatic carbocycles. The number of hydrogen-bond acceptors (Lipinski definition) is 3. The molecule has 122 valence electrons. The van der Waals surface area contributed by atoms with Crippen molar-refractivity contribution in [2.45, 2.75) is 25.2 Å². The number of amides is 1. The highest BCUT2D eigenvalue weighted by Gasteiger charge is 2.37. The van der Waals surface area contributed by atoms with E-state index in [1.54, 1.807) is 5.32 Å². The molecule has 1 amide bonds. The molecule has 1 N–H and O–H groups in total. The lowest BCUT2D eigenvalue weighted by Crippen LogP contribution is -2.24. The number of carboxylic acid groups (broad SMARTS) is 1. The summed E-state index contributed by atoms with van der Waals surface area (Å²) in [4.78, 5) is 21.4. The number of rotatable bonds is 4. The van der Waals surface area contributed by atoms with Gasteiger partial charge in [0.1, 0.15) is 0 Å². The van der Waals surface area contributed by atoms with E-state index < -0.39 is 53.9 Å². The van der Waals surface area contributed by atoms with Gasteiger partial charge in [-0.1, -0.05) is 0 Å². The summed E-state index contributed by atoms with van der Waals surface area (Å²) in [5, 5.41) is 11.9. The van der Waals surface area contributed by atoms with Gasteiger partial charge < -0.3 is 15.2 Å². The minimum Gasteiger partial charge on any atom is -0.550 e. The van der Waals surface area contributed by atoms with Gasteiger partial charge in [0, 0.05) is 18.1 Å². The van der Waals surface area contributed by atoms with Crippen molar-refractivity contribution in [1.29, 1.82) is 0 Å². The highest BCUT2D eigenvalue weighted by Crippen LogP contribution is 2.37. The molecule has 0 atom stereocenters. The van der Waals surface area contributed by atoms with Crippen LogP contribution in [-0.4, -0.2) is 11.9 Å². The Kier molecular flexibility index (Phi) is 5.05. The van der Waals surface area contributed by atoms with Crippen LogP contribution in [0.4, 0.5) is 32.0 Å². The standard InChI is InChI=1S/C12H9F6NO3/c13-11(14,15)6-3-7(12(16,17)18)5-8(4-6)19-9(20)1-2-10(21)22/h3-5H,1-2H2,(H,19,20)(H,21,22)/p-1. The van der Waals surface area contributed by atoms with Crippen LogP contribution < -0.4 is 10.4 Å². The first-order valence-electron chi connectivity index (χ1n) is 5.69. The molecular weight excluding hydrogens is 320 g/mol. The number of alkyl halides is 6. The van der Waals surface area contributed by atoms with Crippen molar-refractivity contribution in [3.63, 3.8) is 0 Å². The van der Waals surface area contributed by atoms with E-state index in [-0.39, 0.29) is 6.07 Å². The van der Waals surface area contributed by atoms with Gasteiger partial charge in [-0.3, -0.25) is 4.79 Å². The van der Waals surface area contributed by atoms with Crippen molar-refractivity contribution in [1.82, 2.24) is 0 Å². The Morgan fingerprint density at radius 1 is 0.909 bits per heavy atom. The molecule has 0 radical (unpaired) electrons. The Hall–Kier alpha value is -2.26. The molecule has 0 aromatic heterocycles. The van der Waals surface area contributed by atoms with E-state index in [1.165, 1.54) is 0 Å². The summed E-state index contributed by atoms with van der Waals surface area (Å²) in [6.45, 7) is 0. The van der Waals surface area contributed by atoms with Crippen molar-refractivity contribution in [3.05, 3.63) is 29.3 Å². The first-order valence-corrected chi connectivity index (χ1v) is 5.69. The van der Waals surface area contributed by atoms with Gasteiger partial charge in [0.25, 0.3) is 0 Å². The second-order valence-electron chi connectivity index (χ2n) is 4.21. The molecule has 0 bridgehead atoms. The molecule has 22 heavy (non-hydrogen) atoms. The fourth-order valence-corrected chi connectivity index (χ4v) is 1.47. The average Bonchev–Trinajstić information content (AvgIpc) is 2.34. The van der Waals surface area contributed by atoms with Crippen LogP contribution in [0.2, 0.25) is 0 Å². The Balaban J connectivity index is 3.08. The van der Waals surface area contributed by atoms with Gasteiger partial charge in [-0.2, -0.15) is 26.3 Å². The topological polar surface area (TPSA) is 69.2 Å². The number of carbonyl (C=O) groups is 2. The number of nitrogens with one attached hydrogen (secondary N) is 1. The van der Waals surface area contributed by atoms with Gasteiger partial charge in [-0.15, -0.1) is 0 Å². The van der Waals surface area contributed by atoms with Crippen LogP contribution in [0, 0.1) is 0 Å². The van der Waals surface area contributed by atoms with Crippen LogP contribution in [-0.2, 0) is 21.9 Å². The number of hydrogen-bond donors (Lipinski definition) is 1. The molecule has 0 aliphatic rings. The van der Waals surface area contributed by atoms with Crippen LogP contribution in [0.15, 0.2) is 18.2 Å². The van der Waals surface area contributed by atoms with Crippen molar-refractivity contribution < 1.29 is 41.0 Å². The summed E-state index contributed by atoms with van der Waals surface area (Å²) in [6.07, 6.45) is -11.4. The molecule has 1 rings (SSSR count). The van der Waals surface area contributed by atoms with Crippen molar-refractivity contribution >= 4 is 17.6 Å². The SMILES string of the molecule is O=C([O-])CCC(=O)Nc1cc(C(F)(F)F)cc(C(F)(F)F)c1. The number of halogens is 6. The van der Waals surface area contributed by atoms with Gasteiger partial charge in [-0.05, 0) is 24.6 Å². The van der Waals surface area contributed by atoms with E-state index in [2.05, 4.69) is 0 Å². The molecule has 0 heterocycles. The van der Waals surface area contributed by atoms with E-state index in [4.69, 9.17) is 0 Å². The summed E-state index contributed by atoms with van der Waals surface area (Å²) in [7, 11) is 0. The zero-order valence-corrected chi connectivity index (χ0v) is 10.6. The Morgan fingerprint density at radius 2 is 1.36 bits per heavy atom. The maximum absolute atomic E-state index is 12.6. The van der Waals surface area contributed by atoms with Gasteiger partial charge in [0.05, 0.1) is 11.1 Å². The minimum absolute atomic E-state index is 0.0865. The summed E-state index contributed by atoms with van der Waals surface area (Å²) >= 11 is 0. The molecule has 0 saturated heterocycles. The van der Waals surface area contributed by atoms with Crippen LogP contribution >= 0.6 is 0 Å². The lowest BCUT2D eigenvalue weighted by Gasteiger charge is -2.14. The number of anilines is 1. The van der Waals surface area contributed by atoms with Crippen molar-refractivity contribution in [3.8, 4) is 0 Å². The van der Waals surface area contributed by atoms with Crippen molar-refractivity contribution in [2.24, 2.45) is 0 Å². The van der Waals surface area contributed by atoms with Crippen LogP contribution in [0.3, 0.4) is 0 Å². The van der Waals surface area contributed by atoms with E-state index >= 15 is 0 Å². The van der Waals surface area contributed by atoms with Crippen molar-refractivity contribution in [2.75, 3.05) is 5.32 Å². The molecule has 10 heteroatoms. The molecule has 0 unspecified atom stereocenters. The van der Waals surface area contributed by atoms with Crippen LogP contribution in [0.1, 0.15) is 24.0 Å². The lowest BCUT2D eigenvalue weighted by molar-refractivity contribution is -0.305. The molecule has 0 fully saturated rings. The summed E-state index contributed by atoms with van der Waals surface area (Å²) < 4.78 is 75.4. The number of carbonyl (C=O) groups excluding carboxylic acids is 2. The smallest absolute Gasteiger partial charge is 0.416 e. The minimum atomic E-state index is -5.04. The van der Waals surface area contributed by atoms with Crippen LogP contribution in [0.5, 0.6) is 0 Å². The zero-order valence-electron chi connectivity index (χ0n) is 10.6. The first kappa shape index (κ1) is 17.8. The maximum Gasteiger partial charge on any atom is 0.416 e. The Labute approximate surface area is 119 Å². The number of benzene rings is 1. The summed E-state index contributed by atoms with van der Waals surface area (Å²) in [6, 6.07) is 0.565. The third-order valence-electron chi connectivity index (χ3n) is 2.43. The van der Waals surface area contributed by atoms with Crippen LogP contribution in [0.25, 0.3) is 0 Å². The van der Waals surface area contributed by atoms with Gasteiger partial charge in [0.15, 0.2) is 0 Å². The third-order valence-corrected chi connectivity index (χ3v) is 2.43. The second-order valence-corrected chi connectivity index (χ2v) is 4.21. The van der Waals surface area contributed by atoms with E-state index in [0.717, 1.165) is 0 Å². The third kappa shape index (κ3) is 5.26. The molecule has 1 aromatic rings. The molecule has 4 nitrogen and oxygen atoms in total. The molecule has 0 aliphatic heterocycles. The molecule has 0 spiro atoms. The predicted molar refractivity (Wildman–Crippen MR) is 59.3 cm³/mol. The zero-order chi connectivity index (χ0) is 17.1. The molecule has 0 saturated carbocycles. The molecular formula is C12H8F6NO3-. The average molecular weight is 328 g/mol.